The predicted octanol–water partition coefficient (Wildman–Crippen LogP) is 0.180. The highest BCUT2D eigenvalue weighted by Gasteiger charge is 2.21. The fourth-order valence-electron chi connectivity index (χ4n) is 1.70. The van der Waals surface area contributed by atoms with Gasteiger partial charge in [-0.15, -0.1) is 0 Å². The van der Waals surface area contributed by atoms with Gasteiger partial charge in [-0.1, -0.05) is 6.08 Å². The molecule has 96 valence electrons. The Bertz CT molecular complexity index is 595. The van der Waals surface area contributed by atoms with Crippen molar-refractivity contribution in [3.8, 4) is 0 Å². The molecular formula is C11H12N2O4S. The molecule has 2 rings (SSSR count). The number of sulfone groups is 1. The molecule has 0 spiro atoms. The van der Waals surface area contributed by atoms with Gasteiger partial charge in [0.2, 0.25) is 0 Å². The van der Waals surface area contributed by atoms with E-state index >= 15 is 0 Å². The van der Waals surface area contributed by atoms with E-state index in [2.05, 4.69) is 10.3 Å². The van der Waals surface area contributed by atoms with Crippen LogP contribution in [0.5, 0.6) is 0 Å². The summed E-state index contributed by atoms with van der Waals surface area (Å²) in [7, 11) is -3.11. The summed E-state index contributed by atoms with van der Waals surface area (Å²) < 4.78 is 22.4. The molecule has 18 heavy (non-hydrogen) atoms. The van der Waals surface area contributed by atoms with Gasteiger partial charge in [0.25, 0.3) is 0 Å². The lowest BCUT2D eigenvalue weighted by Crippen LogP contribution is -2.30. The number of hydrogen-bond donors (Lipinski definition) is 2. The lowest BCUT2D eigenvalue weighted by atomic mass is 10.2. The lowest BCUT2D eigenvalue weighted by Gasteiger charge is -2.10. The maximum absolute atomic E-state index is 11.2. The van der Waals surface area contributed by atoms with Crippen LogP contribution in [0.4, 0.5) is 0 Å². The molecule has 0 fully saturated rings. The maximum atomic E-state index is 11.2. The van der Waals surface area contributed by atoms with Crippen molar-refractivity contribution in [2.45, 2.75) is 12.6 Å². The molecule has 0 saturated heterocycles. The SMILES string of the molecule is O=C(O)c1cccnc1CNC1C=CS(=O)(=O)C1. The predicted molar refractivity (Wildman–Crippen MR) is 64.8 cm³/mol. The third-order valence-corrected chi connectivity index (χ3v) is 3.98. The second-order valence-electron chi connectivity index (χ2n) is 3.95. The molecule has 6 nitrogen and oxygen atoms in total. The van der Waals surface area contributed by atoms with E-state index in [0.717, 1.165) is 0 Å². The van der Waals surface area contributed by atoms with Crippen molar-refractivity contribution in [3.63, 3.8) is 0 Å². The van der Waals surface area contributed by atoms with Crippen LogP contribution in [0.3, 0.4) is 0 Å². The number of rotatable bonds is 4. The highest BCUT2D eigenvalue weighted by Crippen LogP contribution is 2.10. The highest BCUT2D eigenvalue weighted by atomic mass is 32.2. The molecule has 1 unspecified atom stereocenters. The third-order valence-electron chi connectivity index (χ3n) is 2.58. The summed E-state index contributed by atoms with van der Waals surface area (Å²) in [5.41, 5.74) is 0.512. The van der Waals surface area contributed by atoms with Gasteiger partial charge in [0.15, 0.2) is 9.84 Å². The van der Waals surface area contributed by atoms with Gasteiger partial charge < -0.3 is 10.4 Å². The van der Waals surface area contributed by atoms with Crippen molar-refractivity contribution in [1.82, 2.24) is 10.3 Å². The lowest BCUT2D eigenvalue weighted by molar-refractivity contribution is 0.0695. The molecule has 0 saturated carbocycles. The fraction of sp³-hybridized carbons (Fsp3) is 0.273. The number of hydrogen-bond acceptors (Lipinski definition) is 5. The normalized spacial score (nSPS) is 21.0. The van der Waals surface area contributed by atoms with Gasteiger partial charge in [-0.3, -0.25) is 4.98 Å². The standard InChI is InChI=1S/C11H12N2O4S/c14-11(15)9-2-1-4-12-10(9)6-13-8-3-5-18(16,17)7-8/h1-5,8,13H,6-7H2,(H,14,15). The van der Waals surface area contributed by atoms with Gasteiger partial charge in [-0.25, -0.2) is 13.2 Å². The first-order valence-electron chi connectivity index (χ1n) is 5.29. The van der Waals surface area contributed by atoms with Gasteiger partial charge in [-0.05, 0) is 12.1 Å². The number of nitrogens with zero attached hydrogens (tertiary/aromatic N) is 1. The van der Waals surface area contributed by atoms with E-state index in [0.29, 0.717) is 5.69 Å². The highest BCUT2D eigenvalue weighted by molar-refractivity contribution is 7.94. The molecule has 1 aliphatic rings. The monoisotopic (exact) mass is 268 g/mol. The molecule has 1 atom stereocenters. The summed E-state index contributed by atoms with van der Waals surface area (Å²) in [5, 5.41) is 13.1. The summed E-state index contributed by atoms with van der Waals surface area (Å²) >= 11 is 0. The van der Waals surface area contributed by atoms with Crippen LogP contribution in [0.2, 0.25) is 0 Å². The van der Waals surface area contributed by atoms with Crippen LogP contribution in [0.15, 0.2) is 29.8 Å². The zero-order chi connectivity index (χ0) is 13.2. The number of carboxylic acid groups (broad SMARTS) is 1. The summed E-state index contributed by atoms with van der Waals surface area (Å²) in [6.45, 7) is 0.215. The molecule has 2 heterocycles. The Morgan fingerprint density at radius 3 is 2.94 bits per heavy atom. The zero-order valence-electron chi connectivity index (χ0n) is 9.41. The third kappa shape index (κ3) is 2.93. The van der Waals surface area contributed by atoms with E-state index in [1.54, 1.807) is 12.1 Å². The van der Waals surface area contributed by atoms with Gasteiger partial charge in [0.1, 0.15) is 0 Å². The van der Waals surface area contributed by atoms with E-state index in [4.69, 9.17) is 5.11 Å². The smallest absolute Gasteiger partial charge is 0.337 e. The number of pyridine rings is 1. The van der Waals surface area contributed by atoms with Gasteiger partial charge >= 0.3 is 5.97 Å². The van der Waals surface area contributed by atoms with E-state index in [9.17, 15) is 13.2 Å². The van der Waals surface area contributed by atoms with Gasteiger partial charge in [0, 0.05) is 24.2 Å². The van der Waals surface area contributed by atoms with Crippen LogP contribution in [-0.4, -0.2) is 36.3 Å². The van der Waals surface area contributed by atoms with Crippen LogP contribution < -0.4 is 5.32 Å². The quantitative estimate of drug-likeness (QED) is 0.808. The number of aromatic carboxylic acids is 1. The van der Waals surface area contributed by atoms with Crippen molar-refractivity contribution >= 4 is 15.8 Å². The van der Waals surface area contributed by atoms with Crippen molar-refractivity contribution in [2.24, 2.45) is 0 Å². The van der Waals surface area contributed by atoms with Crippen molar-refractivity contribution in [2.75, 3.05) is 5.75 Å². The molecular weight excluding hydrogens is 256 g/mol. The van der Waals surface area contributed by atoms with E-state index in [1.807, 2.05) is 0 Å². The van der Waals surface area contributed by atoms with Crippen LogP contribution in [-0.2, 0) is 16.4 Å². The number of carboxylic acids is 1. The average molecular weight is 268 g/mol. The van der Waals surface area contributed by atoms with Crippen molar-refractivity contribution in [3.05, 3.63) is 41.1 Å². The van der Waals surface area contributed by atoms with E-state index in [-0.39, 0.29) is 23.9 Å². The molecule has 1 aromatic heterocycles. The molecule has 0 amide bonds. The molecule has 0 aromatic carbocycles. The minimum absolute atomic E-state index is 0.00222. The maximum Gasteiger partial charge on any atom is 0.337 e. The minimum Gasteiger partial charge on any atom is -0.478 e. The first-order valence-corrected chi connectivity index (χ1v) is 7.01. The summed E-state index contributed by atoms with van der Waals surface area (Å²) in [6.07, 6.45) is 3.06. The number of aromatic nitrogens is 1. The molecule has 0 radical (unpaired) electrons. The van der Waals surface area contributed by atoms with Gasteiger partial charge in [0.05, 0.1) is 17.0 Å². The molecule has 2 N–H and O–H groups in total. The topological polar surface area (TPSA) is 96.4 Å². The Morgan fingerprint density at radius 1 is 1.56 bits per heavy atom. The molecule has 0 aliphatic carbocycles. The fourth-order valence-corrected chi connectivity index (χ4v) is 2.97. The van der Waals surface area contributed by atoms with Crippen LogP contribution in [0.25, 0.3) is 0 Å². The summed E-state index contributed by atoms with van der Waals surface area (Å²) in [6, 6.07) is 2.72. The summed E-state index contributed by atoms with van der Waals surface area (Å²) in [4.78, 5) is 14.9. The Labute approximate surface area is 104 Å². The number of nitrogens with one attached hydrogen (secondary N) is 1. The molecule has 1 aliphatic heterocycles. The molecule has 0 bridgehead atoms. The van der Waals surface area contributed by atoms with E-state index in [1.165, 1.54) is 17.7 Å². The largest absolute Gasteiger partial charge is 0.478 e. The Hall–Kier alpha value is -1.73. The Morgan fingerprint density at radius 2 is 2.33 bits per heavy atom. The first kappa shape index (κ1) is 12.7. The average Bonchev–Trinajstić information content (AvgIpc) is 2.66. The van der Waals surface area contributed by atoms with Crippen LogP contribution >= 0.6 is 0 Å². The molecule has 1 aromatic rings. The van der Waals surface area contributed by atoms with Crippen LogP contribution in [0, 0.1) is 0 Å². The Balaban J connectivity index is 2.04. The molecule has 7 heteroatoms. The Kier molecular flexibility index (Phi) is 3.44. The second kappa shape index (κ2) is 4.87. The number of carbonyl (C=O) groups is 1. The van der Waals surface area contributed by atoms with Gasteiger partial charge in [-0.2, -0.15) is 0 Å². The first-order chi connectivity index (χ1) is 8.48. The van der Waals surface area contributed by atoms with Crippen LogP contribution in [0.1, 0.15) is 16.1 Å². The zero-order valence-corrected chi connectivity index (χ0v) is 10.2. The summed E-state index contributed by atoms with van der Waals surface area (Å²) in [5.74, 6) is -1.04. The second-order valence-corrected chi connectivity index (χ2v) is 5.88. The van der Waals surface area contributed by atoms with Crippen molar-refractivity contribution in [1.29, 1.82) is 0 Å². The van der Waals surface area contributed by atoms with Crippen molar-refractivity contribution < 1.29 is 18.3 Å². The minimum atomic E-state index is -3.11. The van der Waals surface area contributed by atoms with E-state index < -0.39 is 15.8 Å².